The molecule has 324 valence electrons. The highest BCUT2D eigenvalue weighted by Gasteiger charge is 2.53. The predicted molar refractivity (Wildman–Crippen MR) is 221 cm³/mol. The molecule has 0 bridgehead atoms. The first-order valence-corrected chi connectivity index (χ1v) is 21.0. The molecule has 61 heavy (non-hydrogen) atoms. The van der Waals surface area contributed by atoms with Crippen LogP contribution < -0.4 is 10.6 Å². The lowest BCUT2D eigenvalue weighted by atomic mass is 9.90. The van der Waals surface area contributed by atoms with Gasteiger partial charge in [-0.15, -0.1) is 0 Å². The van der Waals surface area contributed by atoms with Crippen LogP contribution in [0.1, 0.15) is 69.7 Å². The normalized spacial score (nSPS) is 21.1. The molecule has 2 aromatic heterocycles. The van der Waals surface area contributed by atoms with Crippen LogP contribution in [0.2, 0.25) is 0 Å². The summed E-state index contributed by atoms with van der Waals surface area (Å²) in [7, 11) is 2.57. The van der Waals surface area contributed by atoms with Gasteiger partial charge in [0.15, 0.2) is 5.79 Å². The van der Waals surface area contributed by atoms with E-state index in [9.17, 15) is 19.2 Å². The Hall–Kier alpha value is -5.78. The maximum absolute atomic E-state index is 14.0. The SMILES string of the molecule is COC(=O)NC(C(=O)N1CCC[C@H]1c1ncc(-c2ccc(-c3ccc(-c4cnc([C@@H]5CC6(CN5C(=O)[C@@H](NC(=O)OC)C(C)C)OCCO6)[nH]4)cc3)cc2)[nH]1)C1CCOCC1. The molecule has 1 unspecified atom stereocenters. The number of aromatic nitrogens is 4. The van der Waals surface area contributed by atoms with Gasteiger partial charge >= 0.3 is 12.2 Å². The van der Waals surface area contributed by atoms with Gasteiger partial charge in [-0.3, -0.25) is 9.59 Å². The summed E-state index contributed by atoms with van der Waals surface area (Å²) >= 11 is 0. The van der Waals surface area contributed by atoms with E-state index in [4.69, 9.17) is 33.7 Å². The average Bonchev–Trinajstić information content (AvgIpc) is 4.15. The standard InChI is InChI=1S/C44H54N8O9/c1-26(2)36(49-42(55)57-3)40(53)52-25-44(60-20-21-61-44)22-35(52)39-46-24-33(48-39)30-13-9-28(10-14-30)27-7-11-29(12-8-27)32-23-45-38(47-32)34-6-5-17-51(34)41(54)37(50-43(56)58-4)31-15-18-59-19-16-31/h7-14,23-24,26,31,34-37H,5-6,15-22,25H2,1-4H3,(H,45,47)(H,46,48)(H,49,55)(H,50,56)/t34-,35-,36-,37?/m0/s1. The van der Waals surface area contributed by atoms with Crippen molar-refractivity contribution >= 4 is 24.0 Å². The highest BCUT2D eigenvalue weighted by molar-refractivity contribution is 5.87. The van der Waals surface area contributed by atoms with Gasteiger partial charge in [-0.1, -0.05) is 62.4 Å². The number of carbonyl (C=O) groups is 4. The van der Waals surface area contributed by atoms with E-state index in [1.54, 1.807) is 17.3 Å². The number of nitrogens with zero attached hydrogens (tertiary/aromatic N) is 4. The van der Waals surface area contributed by atoms with Gasteiger partial charge in [-0.05, 0) is 59.8 Å². The predicted octanol–water partition coefficient (Wildman–Crippen LogP) is 5.35. The van der Waals surface area contributed by atoms with Crippen molar-refractivity contribution < 1.29 is 42.9 Å². The second kappa shape index (κ2) is 18.1. The largest absolute Gasteiger partial charge is 0.453 e. The van der Waals surface area contributed by atoms with Crippen molar-refractivity contribution in [1.29, 1.82) is 0 Å². The minimum absolute atomic E-state index is 0.0348. The number of carbonyl (C=O) groups excluding carboxylic acids is 4. The number of methoxy groups -OCH3 is 2. The Morgan fingerprint density at radius 1 is 0.721 bits per heavy atom. The second-order valence-electron chi connectivity index (χ2n) is 16.4. The third-order valence-corrected chi connectivity index (χ3v) is 12.3. The van der Waals surface area contributed by atoms with E-state index >= 15 is 0 Å². The molecule has 6 heterocycles. The van der Waals surface area contributed by atoms with Gasteiger partial charge in [0.2, 0.25) is 11.8 Å². The molecule has 4 aromatic rings. The smallest absolute Gasteiger partial charge is 0.407 e. The molecule has 17 nitrogen and oxygen atoms in total. The first kappa shape index (κ1) is 41.9. The quantitative estimate of drug-likeness (QED) is 0.152. The maximum Gasteiger partial charge on any atom is 0.407 e. The van der Waals surface area contributed by atoms with E-state index in [2.05, 4.69) is 44.9 Å². The van der Waals surface area contributed by atoms with E-state index in [0.29, 0.717) is 63.9 Å². The molecular formula is C44H54N8O9. The van der Waals surface area contributed by atoms with Crippen LogP contribution in [0.3, 0.4) is 0 Å². The zero-order valence-corrected chi connectivity index (χ0v) is 35.0. The molecule has 4 N–H and O–H groups in total. The van der Waals surface area contributed by atoms with Gasteiger partial charge in [0.1, 0.15) is 23.7 Å². The van der Waals surface area contributed by atoms with Gasteiger partial charge in [0, 0.05) is 26.2 Å². The van der Waals surface area contributed by atoms with Crippen molar-refractivity contribution in [1.82, 2.24) is 40.4 Å². The fraction of sp³-hybridized carbons (Fsp3) is 0.500. The number of hydrogen-bond acceptors (Lipinski definition) is 11. The van der Waals surface area contributed by atoms with Gasteiger partial charge in [0.05, 0.1) is 69.8 Å². The number of imidazole rings is 2. The Labute approximate surface area is 354 Å². The first-order chi connectivity index (χ1) is 29.6. The van der Waals surface area contributed by atoms with E-state index in [-0.39, 0.29) is 36.2 Å². The Kier molecular flexibility index (Phi) is 12.4. The van der Waals surface area contributed by atoms with Crippen molar-refractivity contribution in [3.63, 3.8) is 0 Å². The number of amides is 4. The number of nitrogens with one attached hydrogen (secondary N) is 4. The van der Waals surface area contributed by atoms with Crippen molar-refractivity contribution in [2.75, 3.05) is 53.7 Å². The zero-order chi connectivity index (χ0) is 42.7. The van der Waals surface area contributed by atoms with Gasteiger partial charge < -0.3 is 54.1 Å². The van der Waals surface area contributed by atoms with Gasteiger partial charge in [-0.2, -0.15) is 0 Å². The van der Waals surface area contributed by atoms with Crippen molar-refractivity contribution in [2.45, 2.75) is 75.9 Å². The van der Waals surface area contributed by atoms with Crippen LogP contribution in [0.5, 0.6) is 0 Å². The van der Waals surface area contributed by atoms with Gasteiger partial charge in [-0.25, -0.2) is 19.6 Å². The van der Waals surface area contributed by atoms with Gasteiger partial charge in [0.25, 0.3) is 0 Å². The van der Waals surface area contributed by atoms with Crippen LogP contribution in [0, 0.1) is 11.8 Å². The van der Waals surface area contributed by atoms with E-state index in [0.717, 1.165) is 46.5 Å². The van der Waals surface area contributed by atoms with Crippen molar-refractivity contribution in [3.8, 4) is 33.6 Å². The summed E-state index contributed by atoms with van der Waals surface area (Å²) in [5.74, 6) is -0.233. The number of aromatic amines is 2. The molecule has 1 spiro atoms. The number of benzene rings is 2. The minimum Gasteiger partial charge on any atom is -0.453 e. The Balaban J connectivity index is 0.939. The molecule has 0 saturated carbocycles. The Morgan fingerprint density at radius 2 is 1.26 bits per heavy atom. The van der Waals surface area contributed by atoms with Crippen LogP contribution in [-0.4, -0.2) is 125 Å². The Morgan fingerprint density at radius 3 is 1.82 bits per heavy atom. The summed E-state index contributed by atoms with van der Waals surface area (Å²) in [5, 5.41) is 5.50. The number of H-pyrrole nitrogens is 2. The monoisotopic (exact) mass is 838 g/mol. The summed E-state index contributed by atoms with van der Waals surface area (Å²) in [5.41, 5.74) is 5.59. The molecule has 4 fully saturated rings. The molecule has 4 amide bonds. The number of alkyl carbamates (subject to hydrolysis) is 2. The summed E-state index contributed by atoms with van der Waals surface area (Å²) in [6.07, 6.45) is 5.65. The maximum atomic E-state index is 14.0. The Bertz CT molecular complexity index is 2180. The minimum atomic E-state index is -0.936. The third kappa shape index (κ3) is 8.85. The van der Waals surface area contributed by atoms with E-state index < -0.39 is 36.1 Å². The van der Waals surface area contributed by atoms with Crippen LogP contribution in [0.25, 0.3) is 33.6 Å². The molecule has 0 aliphatic carbocycles. The second-order valence-corrected chi connectivity index (χ2v) is 16.4. The van der Waals surface area contributed by atoms with Crippen molar-refractivity contribution in [2.24, 2.45) is 11.8 Å². The molecule has 17 heteroatoms. The number of ether oxygens (including phenoxy) is 5. The molecule has 4 atom stereocenters. The van der Waals surface area contributed by atoms with E-state index in [1.807, 2.05) is 43.0 Å². The lowest BCUT2D eigenvalue weighted by molar-refractivity contribution is -0.153. The molecule has 4 aliphatic rings. The molecule has 8 rings (SSSR count). The molecular weight excluding hydrogens is 785 g/mol. The van der Waals surface area contributed by atoms with Crippen LogP contribution >= 0.6 is 0 Å². The summed E-state index contributed by atoms with van der Waals surface area (Å²) < 4.78 is 27.2. The van der Waals surface area contributed by atoms with Crippen molar-refractivity contribution in [3.05, 3.63) is 72.6 Å². The average molecular weight is 839 g/mol. The summed E-state index contributed by atoms with van der Waals surface area (Å²) in [6.45, 7) is 6.51. The number of rotatable bonds is 11. The summed E-state index contributed by atoms with van der Waals surface area (Å²) in [4.78, 5) is 72.2. The number of likely N-dealkylation sites (tertiary alicyclic amines) is 2. The first-order valence-electron chi connectivity index (χ1n) is 21.0. The molecule has 4 saturated heterocycles. The molecule has 2 aromatic carbocycles. The highest BCUT2D eigenvalue weighted by Crippen LogP contribution is 2.43. The zero-order valence-electron chi connectivity index (χ0n) is 35.0. The highest BCUT2D eigenvalue weighted by atomic mass is 16.7. The molecule has 4 aliphatic heterocycles. The lowest BCUT2D eigenvalue weighted by Gasteiger charge is -2.34. The molecule has 0 radical (unpaired) electrons. The van der Waals surface area contributed by atoms with Crippen LogP contribution in [0.4, 0.5) is 9.59 Å². The number of hydrogen-bond donors (Lipinski definition) is 4. The fourth-order valence-electron chi connectivity index (χ4n) is 9.00. The van der Waals surface area contributed by atoms with E-state index in [1.165, 1.54) is 14.2 Å². The van der Waals surface area contributed by atoms with Crippen LogP contribution in [0.15, 0.2) is 60.9 Å². The fourth-order valence-corrected chi connectivity index (χ4v) is 9.00. The third-order valence-electron chi connectivity index (χ3n) is 12.3. The topological polar surface area (TPSA) is 202 Å². The summed E-state index contributed by atoms with van der Waals surface area (Å²) in [6, 6.07) is 14.2. The van der Waals surface area contributed by atoms with Crippen LogP contribution in [-0.2, 0) is 33.3 Å². The lowest BCUT2D eigenvalue weighted by Crippen LogP contribution is -2.53.